The molecule has 0 radical (unpaired) electrons. The predicted octanol–water partition coefficient (Wildman–Crippen LogP) is 3.12. The zero-order chi connectivity index (χ0) is 8.27. The first-order chi connectivity index (χ1) is 5.18. The number of carbonyl (C=O) groups is 1. The molecule has 0 aromatic rings. The monoisotopic (exact) mass is 218 g/mol. The van der Waals surface area contributed by atoms with Crippen molar-refractivity contribution < 1.29 is 4.79 Å². The second-order valence-electron chi connectivity index (χ2n) is 3.69. The topological polar surface area (TPSA) is 17.1 Å². The molecule has 0 bridgehead atoms. The maximum atomic E-state index is 10.7. The third-order valence-corrected chi connectivity index (χ3v) is 2.91. The third kappa shape index (κ3) is 3.37. The molecule has 1 aliphatic carbocycles. The van der Waals surface area contributed by atoms with Gasteiger partial charge in [0.1, 0.15) is 0 Å². The van der Waals surface area contributed by atoms with Gasteiger partial charge in [0.05, 0.1) is 0 Å². The summed E-state index contributed by atoms with van der Waals surface area (Å²) in [4.78, 5) is 10.7. The molecule has 0 saturated heterocycles. The van der Waals surface area contributed by atoms with Gasteiger partial charge in [-0.3, -0.25) is 4.79 Å². The summed E-state index contributed by atoms with van der Waals surface area (Å²) in [6.45, 7) is 2.30. The lowest BCUT2D eigenvalue weighted by molar-refractivity contribution is -0.111. The normalized spacial score (nSPS) is 31.8. The Morgan fingerprint density at radius 2 is 1.91 bits per heavy atom. The maximum Gasteiger partial charge on any atom is 0.198 e. The average molecular weight is 219 g/mol. The van der Waals surface area contributed by atoms with Crippen LogP contribution in [0.5, 0.6) is 0 Å². The minimum atomic E-state index is 0.178. The van der Waals surface area contributed by atoms with Gasteiger partial charge in [-0.25, -0.2) is 0 Å². The molecule has 2 heteroatoms. The van der Waals surface area contributed by atoms with E-state index in [-0.39, 0.29) is 4.69 Å². The van der Waals surface area contributed by atoms with Gasteiger partial charge < -0.3 is 0 Å². The van der Waals surface area contributed by atoms with E-state index in [2.05, 4.69) is 22.9 Å². The molecule has 0 unspecified atom stereocenters. The smallest absolute Gasteiger partial charge is 0.198 e. The van der Waals surface area contributed by atoms with E-state index in [0.717, 1.165) is 12.3 Å². The molecule has 0 amide bonds. The van der Waals surface area contributed by atoms with Crippen LogP contribution in [0.3, 0.4) is 0 Å². The van der Waals surface area contributed by atoms with E-state index < -0.39 is 0 Å². The Bertz CT molecular complexity index is 136. The van der Waals surface area contributed by atoms with Gasteiger partial charge in [-0.15, -0.1) is 0 Å². The van der Waals surface area contributed by atoms with E-state index in [1.165, 1.54) is 25.7 Å². The fraction of sp³-hybridized carbons (Fsp3) is 0.889. The van der Waals surface area contributed by atoms with Crippen molar-refractivity contribution in [2.45, 2.75) is 39.0 Å². The van der Waals surface area contributed by atoms with Crippen LogP contribution in [0.15, 0.2) is 0 Å². The lowest BCUT2D eigenvalue weighted by Gasteiger charge is -2.24. The second-order valence-corrected chi connectivity index (χ2v) is 4.57. The highest BCUT2D eigenvalue weighted by atomic mass is 79.9. The largest absolute Gasteiger partial charge is 0.287 e. The van der Waals surface area contributed by atoms with Crippen LogP contribution in [0.1, 0.15) is 39.0 Å². The molecule has 1 fully saturated rings. The van der Waals surface area contributed by atoms with E-state index in [4.69, 9.17) is 0 Å². The molecule has 11 heavy (non-hydrogen) atoms. The van der Waals surface area contributed by atoms with Gasteiger partial charge in [0.2, 0.25) is 0 Å². The van der Waals surface area contributed by atoms with Crippen LogP contribution >= 0.6 is 15.9 Å². The maximum absolute atomic E-state index is 10.7. The highest BCUT2D eigenvalue weighted by Gasteiger charge is 2.19. The Balaban J connectivity index is 2.22. The summed E-state index contributed by atoms with van der Waals surface area (Å²) >= 11 is 2.99. The van der Waals surface area contributed by atoms with Crippen molar-refractivity contribution in [3.8, 4) is 0 Å². The fourth-order valence-electron chi connectivity index (χ4n) is 1.76. The van der Waals surface area contributed by atoms with Crippen molar-refractivity contribution in [1.29, 1.82) is 0 Å². The summed E-state index contributed by atoms with van der Waals surface area (Å²) in [6.07, 6.45) is 5.86. The Morgan fingerprint density at radius 3 is 2.36 bits per heavy atom. The molecule has 64 valence electrons. The van der Waals surface area contributed by atoms with Gasteiger partial charge in [0.15, 0.2) is 4.69 Å². The molecule has 1 saturated carbocycles. The molecule has 0 N–H and O–H groups in total. The molecule has 1 nitrogen and oxygen atoms in total. The van der Waals surface area contributed by atoms with Crippen molar-refractivity contribution in [2.75, 3.05) is 0 Å². The molecule has 0 atom stereocenters. The highest BCUT2D eigenvalue weighted by Crippen LogP contribution is 2.30. The number of rotatable bonds is 2. The quantitative estimate of drug-likeness (QED) is 0.652. The summed E-state index contributed by atoms with van der Waals surface area (Å²) in [5, 5.41) is 0. The molecular weight excluding hydrogens is 204 g/mol. The zero-order valence-electron chi connectivity index (χ0n) is 6.98. The van der Waals surface area contributed by atoms with Crippen LogP contribution < -0.4 is 0 Å². The minimum Gasteiger partial charge on any atom is -0.287 e. The van der Waals surface area contributed by atoms with Crippen LogP contribution in [-0.2, 0) is 4.79 Å². The Morgan fingerprint density at radius 1 is 1.36 bits per heavy atom. The minimum absolute atomic E-state index is 0.178. The van der Waals surface area contributed by atoms with Gasteiger partial charge >= 0.3 is 0 Å². The zero-order valence-corrected chi connectivity index (χ0v) is 8.56. The summed E-state index contributed by atoms with van der Waals surface area (Å²) in [5.41, 5.74) is 0. The van der Waals surface area contributed by atoms with Crippen molar-refractivity contribution in [3.05, 3.63) is 0 Å². The van der Waals surface area contributed by atoms with Crippen LogP contribution in [0.2, 0.25) is 0 Å². The molecule has 0 heterocycles. The predicted molar refractivity (Wildman–Crippen MR) is 49.7 cm³/mol. The molecule has 0 spiro atoms. The summed E-state index contributed by atoms with van der Waals surface area (Å²) in [6, 6.07) is 0. The first-order valence-corrected chi connectivity index (χ1v) is 5.16. The van der Waals surface area contributed by atoms with Crippen molar-refractivity contribution in [2.24, 2.45) is 11.8 Å². The van der Waals surface area contributed by atoms with E-state index in [0.29, 0.717) is 5.92 Å². The van der Waals surface area contributed by atoms with Crippen LogP contribution in [-0.4, -0.2) is 4.69 Å². The first kappa shape index (κ1) is 9.24. The molecule has 0 aromatic heterocycles. The average Bonchev–Trinajstić information content (AvgIpc) is 1.93. The molecule has 1 rings (SSSR count). The molecule has 1 aliphatic rings. The van der Waals surface area contributed by atoms with E-state index >= 15 is 0 Å². The van der Waals surface area contributed by atoms with Crippen molar-refractivity contribution in [1.82, 2.24) is 0 Å². The van der Waals surface area contributed by atoms with Gasteiger partial charge in [-0.05, 0) is 40.6 Å². The Kier molecular flexibility index (Phi) is 3.57. The molecule has 0 aliphatic heterocycles. The van der Waals surface area contributed by atoms with Gasteiger partial charge in [-0.2, -0.15) is 0 Å². The van der Waals surface area contributed by atoms with Crippen LogP contribution in [0.4, 0.5) is 0 Å². The van der Waals surface area contributed by atoms with E-state index in [1.807, 2.05) is 0 Å². The Hall–Kier alpha value is 0.150. The standard InChI is InChI=1S/C9H15BrO/c1-7-2-4-8(5-3-7)6-9(10)11/h7-8H,2-6H2,1H3. The fourth-order valence-corrected chi connectivity index (χ4v) is 2.22. The lowest BCUT2D eigenvalue weighted by atomic mass is 9.82. The summed E-state index contributed by atoms with van der Waals surface area (Å²) in [5.74, 6) is 1.55. The number of carbonyl (C=O) groups excluding carboxylic acids is 1. The first-order valence-electron chi connectivity index (χ1n) is 4.37. The molecule has 0 aromatic carbocycles. The Labute approximate surface area is 76.7 Å². The SMILES string of the molecule is CC1CCC(CC(=O)Br)CC1. The second kappa shape index (κ2) is 4.24. The summed E-state index contributed by atoms with van der Waals surface area (Å²) < 4.78 is 0.178. The van der Waals surface area contributed by atoms with Gasteiger partial charge in [0.25, 0.3) is 0 Å². The van der Waals surface area contributed by atoms with Crippen molar-refractivity contribution in [3.63, 3.8) is 0 Å². The van der Waals surface area contributed by atoms with E-state index in [9.17, 15) is 4.79 Å². The van der Waals surface area contributed by atoms with Crippen LogP contribution in [0.25, 0.3) is 0 Å². The number of hydrogen-bond donors (Lipinski definition) is 0. The number of halogens is 1. The van der Waals surface area contributed by atoms with Crippen molar-refractivity contribution >= 4 is 20.6 Å². The third-order valence-electron chi connectivity index (χ3n) is 2.58. The summed E-state index contributed by atoms with van der Waals surface area (Å²) in [7, 11) is 0. The highest BCUT2D eigenvalue weighted by molar-refractivity contribution is 9.18. The van der Waals surface area contributed by atoms with E-state index in [1.54, 1.807) is 0 Å². The van der Waals surface area contributed by atoms with Crippen LogP contribution in [0, 0.1) is 11.8 Å². The van der Waals surface area contributed by atoms with Gasteiger partial charge in [-0.1, -0.05) is 19.8 Å². The molecular formula is C9H15BrO. The number of hydrogen-bond acceptors (Lipinski definition) is 1. The van der Waals surface area contributed by atoms with Gasteiger partial charge in [0, 0.05) is 6.42 Å². The lowest BCUT2D eigenvalue weighted by Crippen LogP contribution is -2.13.